The first kappa shape index (κ1) is 13.3. The first-order chi connectivity index (χ1) is 8.13. The predicted octanol–water partition coefficient (Wildman–Crippen LogP) is 1.87. The molecule has 1 aromatic carbocycles. The van der Waals surface area contributed by atoms with Crippen molar-refractivity contribution in [2.45, 2.75) is 0 Å². The van der Waals surface area contributed by atoms with Crippen molar-refractivity contribution in [3.05, 3.63) is 41.5 Å². The van der Waals surface area contributed by atoms with Crippen LogP contribution in [0.4, 0.5) is 0 Å². The third-order valence-electron chi connectivity index (χ3n) is 1.97. The Balaban J connectivity index is 2.86. The van der Waals surface area contributed by atoms with E-state index in [2.05, 4.69) is 4.74 Å². The molecule has 0 bridgehead atoms. The monoisotopic (exact) mass is 250 g/mol. The van der Waals surface area contributed by atoms with Gasteiger partial charge in [0.05, 0.1) is 7.11 Å². The van der Waals surface area contributed by atoms with E-state index in [1.807, 2.05) is 30.3 Å². The summed E-state index contributed by atoms with van der Waals surface area (Å²) in [5.74, 6) is -0.0701. The van der Waals surface area contributed by atoms with Crippen molar-refractivity contribution in [1.29, 1.82) is 5.41 Å². The van der Waals surface area contributed by atoms with Crippen LogP contribution in [0.3, 0.4) is 0 Å². The van der Waals surface area contributed by atoms with Crippen molar-refractivity contribution in [2.75, 3.05) is 12.9 Å². The lowest BCUT2D eigenvalue weighted by Crippen LogP contribution is -2.11. The number of benzene rings is 1. The van der Waals surface area contributed by atoms with Gasteiger partial charge in [-0.3, -0.25) is 5.41 Å². The Morgan fingerprint density at radius 1 is 1.47 bits per heavy atom. The standard InChI is InChI=1S/C12H14N2O2S/c1-16-11(15)10(8-17-12(13)14)7-9-5-3-2-4-6-9/h2-7H,8H2,1H3,(H3,13,14)/b10-7+. The lowest BCUT2D eigenvalue weighted by Gasteiger charge is -2.04. The molecular formula is C12H14N2O2S. The molecule has 0 unspecified atom stereocenters. The van der Waals surface area contributed by atoms with Gasteiger partial charge in [0.1, 0.15) is 0 Å². The highest BCUT2D eigenvalue weighted by molar-refractivity contribution is 8.13. The molecule has 1 aromatic rings. The number of carbonyl (C=O) groups excluding carboxylic acids is 1. The van der Waals surface area contributed by atoms with Crippen LogP contribution in [-0.2, 0) is 9.53 Å². The van der Waals surface area contributed by atoms with E-state index < -0.39 is 5.97 Å². The summed E-state index contributed by atoms with van der Waals surface area (Å²) >= 11 is 1.09. The quantitative estimate of drug-likeness (QED) is 0.370. The first-order valence-corrected chi connectivity index (χ1v) is 5.93. The van der Waals surface area contributed by atoms with E-state index in [9.17, 15) is 4.79 Å². The maximum absolute atomic E-state index is 11.5. The second-order valence-corrected chi connectivity index (χ2v) is 4.24. The fourth-order valence-corrected chi connectivity index (χ4v) is 1.71. The SMILES string of the molecule is COC(=O)/C(=C/c1ccccc1)CSC(=N)N. The minimum absolute atomic E-state index is 0.0205. The Morgan fingerprint density at radius 3 is 2.65 bits per heavy atom. The van der Waals surface area contributed by atoms with Gasteiger partial charge in [-0.1, -0.05) is 42.1 Å². The molecule has 3 N–H and O–H groups in total. The highest BCUT2D eigenvalue weighted by atomic mass is 32.2. The minimum Gasteiger partial charge on any atom is -0.466 e. The van der Waals surface area contributed by atoms with Crippen molar-refractivity contribution in [3.8, 4) is 0 Å². The number of ether oxygens (including phenoxy) is 1. The van der Waals surface area contributed by atoms with Crippen LogP contribution in [0, 0.1) is 5.41 Å². The van der Waals surface area contributed by atoms with Crippen LogP contribution in [0.25, 0.3) is 6.08 Å². The van der Waals surface area contributed by atoms with E-state index in [4.69, 9.17) is 11.1 Å². The Bertz CT molecular complexity index is 429. The Hall–Kier alpha value is -1.75. The summed E-state index contributed by atoms with van der Waals surface area (Å²) in [7, 11) is 1.33. The Kier molecular flexibility index (Phi) is 5.29. The van der Waals surface area contributed by atoms with Crippen LogP contribution in [0.5, 0.6) is 0 Å². The number of carbonyl (C=O) groups is 1. The number of thioether (sulfide) groups is 1. The van der Waals surface area contributed by atoms with Crippen molar-refractivity contribution >= 4 is 29.0 Å². The van der Waals surface area contributed by atoms with E-state index in [-0.39, 0.29) is 5.17 Å². The van der Waals surface area contributed by atoms with Gasteiger partial charge in [-0.25, -0.2) is 4.79 Å². The van der Waals surface area contributed by atoms with Gasteiger partial charge < -0.3 is 10.5 Å². The van der Waals surface area contributed by atoms with Gasteiger partial charge in [-0.2, -0.15) is 0 Å². The smallest absolute Gasteiger partial charge is 0.334 e. The number of nitrogens with one attached hydrogen (secondary N) is 1. The Labute approximate surface area is 104 Å². The normalized spacial score (nSPS) is 11.0. The summed E-state index contributed by atoms with van der Waals surface area (Å²) < 4.78 is 4.69. The average molecular weight is 250 g/mol. The zero-order chi connectivity index (χ0) is 12.7. The van der Waals surface area contributed by atoms with Crippen molar-refractivity contribution in [2.24, 2.45) is 5.73 Å². The highest BCUT2D eigenvalue weighted by Gasteiger charge is 2.10. The summed E-state index contributed by atoms with van der Waals surface area (Å²) in [6.07, 6.45) is 1.74. The van der Waals surface area contributed by atoms with Crippen LogP contribution >= 0.6 is 11.8 Å². The number of rotatable bonds is 4. The molecule has 0 spiro atoms. The number of esters is 1. The molecule has 0 aromatic heterocycles. The molecule has 0 aliphatic rings. The van der Waals surface area contributed by atoms with Gasteiger partial charge in [-0.05, 0) is 11.6 Å². The molecular weight excluding hydrogens is 236 g/mol. The minimum atomic E-state index is -0.400. The molecule has 0 aliphatic carbocycles. The van der Waals surface area contributed by atoms with Gasteiger partial charge in [-0.15, -0.1) is 0 Å². The number of hydrogen-bond donors (Lipinski definition) is 2. The zero-order valence-corrected chi connectivity index (χ0v) is 10.3. The highest BCUT2D eigenvalue weighted by Crippen LogP contribution is 2.13. The summed E-state index contributed by atoms with van der Waals surface area (Å²) in [6.45, 7) is 0. The van der Waals surface area contributed by atoms with E-state index in [1.165, 1.54) is 7.11 Å². The summed E-state index contributed by atoms with van der Waals surface area (Å²) in [6, 6.07) is 9.46. The Morgan fingerprint density at radius 2 is 2.12 bits per heavy atom. The summed E-state index contributed by atoms with van der Waals surface area (Å²) in [5.41, 5.74) is 6.64. The van der Waals surface area contributed by atoms with Gasteiger partial charge >= 0.3 is 5.97 Å². The number of methoxy groups -OCH3 is 1. The molecule has 0 heterocycles. The topological polar surface area (TPSA) is 76.2 Å². The van der Waals surface area contributed by atoms with Crippen LogP contribution in [0.15, 0.2) is 35.9 Å². The summed E-state index contributed by atoms with van der Waals surface area (Å²) in [4.78, 5) is 11.5. The van der Waals surface area contributed by atoms with Crippen molar-refractivity contribution < 1.29 is 9.53 Å². The van der Waals surface area contributed by atoms with Gasteiger partial charge in [0.15, 0.2) is 5.17 Å². The molecule has 0 atom stereocenters. The molecule has 0 radical (unpaired) electrons. The average Bonchev–Trinajstić information content (AvgIpc) is 2.34. The van der Waals surface area contributed by atoms with Crippen LogP contribution < -0.4 is 5.73 Å². The molecule has 0 fully saturated rings. The molecule has 0 amide bonds. The zero-order valence-electron chi connectivity index (χ0n) is 9.47. The molecule has 1 rings (SSSR count). The fourth-order valence-electron chi connectivity index (χ4n) is 1.20. The van der Waals surface area contributed by atoms with E-state index in [0.717, 1.165) is 17.3 Å². The maximum Gasteiger partial charge on any atom is 0.334 e. The van der Waals surface area contributed by atoms with Gasteiger partial charge in [0, 0.05) is 11.3 Å². The predicted molar refractivity (Wildman–Crippen MR) is 70.8 cm³/mol. The van der Waals surface area contributed by atoms with Crippen LogP contribution in [-0.4, -0.2) is 24.0 Å². The second kappa shape index (κ2) is 6.75. The molecule has 5 heteroatoms. The number of nitrogens with two attached hydrogens (primary N) is 1. The van der Waals surface area contributed by atoms with Gasteiger partial charge in [0.25, 0.3) is 0 Å². The first-order valence-electron chi connectivity index (χ1n) is 4.94. The third-order valence-corrected chi connectivity index (χ3v) is 2.74. The number of amidine groups is 1. The van der Waals surface area contributed by atoms with E-state index >= 15 is 0 Å². The van der Waals surface area contributed by atoms with E-state index in [0.29, 0.717) is 11.3 Å². The lowest BCUT2D eigenvalue weighted by atomic mass is 10.1. The molecule has 0 saturated heterocycles. The fraction of sp³-hybridized carbons (Fsp3) is 0.167. The van der Waals surface area contributed by atoms with Crippen LogP contribution in [0.2, 0.25) is 0 Å². The second-order valence-electron chi connectivity index (χ2n) is 3.22. The van der Waals surface area contributed by atoms with E-state index in [1.54, 1.807) is 6.08 Å². The molecule has 0 saturated carbocycles. The molecule has 90 valence electrons. The third kappa shape index (κ3) is 4.74. The molecule has 0 aliphatic heterocycles. The van der Waals surface area contributed by atoms with Gasteiger partial charge in [0.2, 0.25) is 0 Å². The maximum atomic E-state index is 11.5. The lowest BCUT2D eigenvalue weighted by molar-refractivity contribution is -0.135. The molecule has 4 nitrogen and oxygen atoms in total. The van der Waals surface area contributed by atoms with Crippen molar-refractivity contribution in [1.82, 2.24) is 0 Å². The summed E-state index contributed by atoms with van der Waals surface area (Å²) in [5, 5.41) is 7.11. The van der Waals surface area contributed by atoms with Crippen LogP contribution in [0.1, 0.15) is 5.56 Å². The number of hydrogen-bond acceptors (Lipinski definition) is 4. The van der Waals surface area contributed by atoms with Crippen molar-refractivity contribution in [3.63, 3.8) is 0 Å². The largest absolute Gasteiger partial charge is 0.466 e. The molecule has 17 heavy (non-hydrogen) atoms.